The summed E-state index contributed by atoms with van der Waals surface area (Å²) in [6.07, 6.45) is 1.74. The van der Waals surface area contributed by atoms with Crippen molar-refractivity contribution in [3.05, 3.63) is 11.6 Å². The fourth-order valence-corrected chi connectivity index (χ4v) is 2.35. The molecule has 0 aromatic heterocycles. The van der Waals surface area contributed by atoms with Crippen molar-refractivity contribution in [2.45, 2.75) is 19.0 Å². The normalized spacial score (nSPS) is 28.9. The lowest BCUT2D eigenvalue weighted by Gasteiger charge is -2.26. The third kappa shape index (κ3) is 1.68. The molecule has 0 aliphatic carbocycles. The summed E-state index contributed by atoms with van der Waals surface area (Å²) in [6.45, 7) is 1.93. The van der Waals surface area contributed by atoms with Gasteiger partial charge in [0, 0.05) is 0 Å². The van der Waals surface area contributed by atoms with Gasteiger partial charge in [-0.2, -0.15) is 5.06 Å². The number of carbonyl (C=O) groups is 1. The van der Waals surface area contributed by atoms with Crippen LogP contribution in [-0.2, 0) is 15.3 Å². The summed E-state index contributed by atoms with van der Waals surface area (Å²) in [5.74, 6) is 0. The lowest BCUT2D eigenvalue weighted by molar-refractivity contribution is -0.00544. The van der Waals surface area contributed by atoms with Crippen LogP contribution in [0.1, 0.15) is 6.92 Å². The Morgan fingerprint density at radius 3 is 2.88 bits per heavy atom. The van der Waals surface area contributed by atoms with Gasteiger partial charge in [-0.25, -0.2) is 13.2 Å². The maximum absolute atomic E-state index is 11.8. The van der Waals surface area contributed by atoms with E-state index >= 15 is 0 Å². The molecule has 1 saturated heterocycles. The molecule has 1 fully saturated rings. The van der Waals surface area contributed by atoms with E-state index < -0.39 is 23.1 Å². The van der Waals surface area contributed by atoms with Crippen LogP contribution in [0.15, 0.2) is 11.6 Å². The SMILES string of the molecule is CC1=C[C@@H](CO)N2C[C@@H]1N(O[SH](=O)=O)C2=O. The van der Waals surface area contributed by atoms with Crippen LogP contribution in [0.25, 0.3) is 0 Å². The standard InChI is InChI=1S/C8H12N2O5S/c1-5-2-6(4-11)9-3-7(5)10(8(9)12)15-16(13)14/h2,6-7,11,16H,3-4H2,1H3/t6-,7-/m0/s1. The van der Waals surface area contributed by atoms with Crippen molar-refractivity contribution >= 4 is 17.0 Å². The molecule has 2 bridgehead atoms. The maximum Gasteiger partial charge on any atom is 0.346 e. The van der Waals surface area contributed by atoms with Crippen molar-refractivity contribution in [1.29, 1.82) is 0 Å². The van der Waals surface area contributed by atoms with Crippen LogP contribution in [0.5, 0.6) is 0 Å². The first-order valence-corrected chi connectivity index (χ1v) is 5.85. The molecule has 8 heteroatoms. The first-order chi connectivity index (χ1) is 7.54. The molecule has 0 radical (unpaired) electrons. The van der Waals surface area contributed by atoms with Gasteiger partial charge in [0.2, 0.25) is 0 Å². The summed E-state index contributed by atoms with van der Waals surface area (Å²) in [4.78, 5) is 13.1. The summed E-state index contributed by atoms with van der Waals surface area (Å²) in [5, 5.41) is 9.94. The molecule has 16 heavy (non-hydrogen) atoms. The average molecular weight is 248 g/mol. The van der Waals surface area contributed by atoms with Crippen LogP contribution in [0.3, 0.4) is 0 Å². The Labute approximate surface area is 94.0 Å². The molecule has 0 aromatic rings. The number of amides is 2. The van der Waals surface area contributed by atoms with Gasteiger partial charge in [0.25, 0.3) is 11.0 Å². The number of hydrogen-bond acceptors (Lipinski definition) is 5. The summed E-state index contributed by atoms with van der Waals surface area (Å²) in [7, 11) is -3.11. The van der Waals surface area contributed by atoms with Crippen LogP contribution in [-0.4, -0.2) is 54.8 Å². The van der Waals surface area contributed by atoms with Crippen molar-refractivity contribution in [3.8, 4) is 0 Å². The Kier molecular flexibility index (Phi) is 2.87. The highest BCUT2D eigenvalue weighted by atomic mass is 32.2. The Morgan fingerprint density at radius 2 is 2.31 bits per heavy atom. The van der Waals surface area contributed by atoms with Gasteiger partial charge in [0.05, 0.1) is 19.2 Å². The first-order valence-electron chi connectivity index (χ1n) is 4.76. The van der Waals surface area contributed by atoms with Gasteiger partial charge in [-0.05, 0) is 12.5 Å². The maximum atomic E-state index is 11.8. The van der Waals surface area contributed by atoms with Gasteiger partial charge in [-0.1, -0.05) is 6.08 Å². The molecule has 1 N–H and O–H groups in total. The third-order valence-electron chi connectivity index (χ3n) is 2.81. The van der Waals surface area contributed by atoms with E-state index in [1.807, 2.05) is 0 Å². The average Bonchev–Trinajstić information content (AvgIpc) is 2.49. The van der Waals surface area contributed by atoms with Gasteiger partial charge >= 0.3 is 6.03 Å². The topological polar surface area (TPSA) is 87.2 Å². The Morgan fingerprint density at radius 1 is 1.62 bits per heavy atom. The van der Waals surface area contributed by atoms with E-state index in [0.717, 1.165) is 10.6 Å². The van der Waals surface area contributed by atoms with Crippen LogP contribution < -0.4 is 0 Å². The third-order valence-corrected chi connectivity index (χ3v) is 3.12. The molecule has 2 amide bonds. The van der Waals surface area contributed by atoms with Crippen molar-refractivity contribution in [3.63, 3.8) is 0 Å². The van der Waals surface area contributed by atoms with Crippen LogP contribution in [0, 0.1) is 0 Å². The number of carbonyl (C=O) groups excluding carboxylic acids is 1. The smallest absolute Gasteiger partial charge is 0.346 e. The molecular formula is C8H12N2O5S. The quantitative estimate of drug-likeness (QED) is 0.487. The van der Waals surface area contributed by atoms with E-state index in [4.69, 9.17) is 5.11 Å². The van der Waals surface area contributed by atoms with Crippen molar-refractivity contribution in [2.75, 3.05) is 13.2 Å². The molecule has 7 nitrogen and oxygen atoms in total. The highest BCUT2D eigenvalue weighted by Gasteiger charge is 2.45. The van der Waals surface area contributed by atoms with Gasteiger partial charge in [0.1, 0.15) is 6.04 Å². The molecule has 2 rings (SSSR count). The molecular weight excluding hydrogens is 236 g/mol. The second-order valence-corrected chi connectivity index (χ2v) is 4.35. The van der Waals surface area contributed by atoms with E-state index in [0.29, 0.717) is 6.54 Å². The summed E-state index contributed by atoms with van der Waals surface area (Å²) < 4.78 is 25.4. The number of hydrogen-bond donors (Lipinski definition) is 2. The number of aliphatic hydroxyl groups is 1. The number of rotatable bonds is 3. The molecule has 2 heterocycles. The molecule has 2 aliphatic rings. The Hall–Kier alpha value is -1.12. The second-order valence-electron chi connectivity index (χ2n) is 3.74. The number of fused-ring (bicyclic) bond motifs is 2. The molecule has 2 atom stereocenters. The predicted octanol–water partition coefficient (Wildman–Crippen LogP) is -1.13. The minimum atomic E-state index is -3.11. The van der Waals surface area contributed by atoms with Gasteiger partial charge in [-0.15, -0.1) is 4.28 Å². The van der Waals surface area contributed by atoms with E-state index in [2.05, 4.69) is 4.28 Å². The fraction of sp³-hybridized carbons (Fsp3) is 0.625. The van der Waals surface area contributed by atoms with Crippen LogP contribution in [0.4, 0.5) is 4.79 Å². The van der Waals surface area contributed by atoms with E-state index in [1.165, 1.54) is 4.90 Å². The van der Waals surface area contributed by atoms with E-state index in [9.17, 15) is 13.2 Å². The van der Waals surface area contributed by atoms with Gasteiger partial charge in [0.15, 0.2) is 0 Å². The highest BCUT2D eigenvalue weighted by Crippen LogP contribution is 2.29. The summed E-state index contributed by atoms with van der Waals surface area (Å²) in [5.41, 5.74) is 0.818. The largest absolute Gasteiger partial charge is 0.394 e. The fourth-order valence-electron chi connectivity index (χ4n) is 2.02. The molecule has 0 spiro atoms. The van der Waals surface area contributed by atoms with E-state index in [-0.39, 0.29) is 12.6 Å². The molecule has 2 aliphatic heterocycles. The minimum Gasteiger partial charge on any atom is -0.394 e. The number of urea groups is 1. The van der Waals surface area contributed by atoms with Crippen LogP contribution in [0.2, 0.25) is 0 Å². The van der Waals surface area contributed by atoms with Crippen LogP contribution >= 0.6 is 0 Å². The zero-order valence-corrected chi connectivity index (χ0v) is 9.46. The zero-order chi connectivity index (χ0) is 11.9. The molecule has 0 unspecified atom stereocenters. The number of nitrogens with zero attached hydrogens (tertiary/aromatic N) is 2. The summed E-state index contributed by atoms with van der Waals surface area (Å²) in [6, 6.07) is -1.32. The first kappa shape index (κ1) is 11.4. The number of hydroxylamine groups is 2. The van der Waals surface area contributed by atoms with Crippen molar-refractivity contribution in [1.82, 2.24) is 9.96 Å². The van der Waals surface area contributed by atoms with Crippen molar-refractivity contribution < 1.29 is 22.6 Å². The lowest BCUT2D eigenvalue weighted by Crippen LogP contribution is -2.40. The predicted molar refractivity (Wildman–Crippen MR) is 53.8 cm³/mol. The lowest BCUT2D eigenvalue weighted by atomic mass is 10.0. The number of thiol groups is 1. The van der Waals surface area contributed by atoms with Crippen molar-refractivity contribution in [2.24, 2.45) is 0 Å². The molecule has 90 valence electrons. The second kappa shape index (κ2) is 4.04. The Bertz CT molecular complexity index is 411. The summed E-state index contributed by atoms with van der Waals surface area (Å²) >= 11 is 0. The number of aliphatic hydroxyl groups excluding tert-OH is 1. The molecule has 0 aromatic carbocycles. The van der Waals surface area contributed by atoms with Gasteiger partial charge < -0.3 is 10.0 Å². The van der Waals surface area contributed by atoms with Gasteiger partial charge in [-0.3, -0.25) is 0 Å². The monoisotopic (exact) mass is 248 g/mol. The van der Waals surface area contributed by atoms with E-state index in [1.54, 1.807) is 13.0 Å². The Balaban J connectivity index is 2.28. The zero-order valence-electron chi connectivity index (χ0n) is 8.57. The highest BCUT2D eigenvalue weighted by molar-refractivity contribution is 7.67. The minimum absolute atomic E-state index is 0.187. The molecule has 0 saturated carbocycles.